The van der Waals surface area contributed by atoms with Crippen LogP contribution in [0, 0.1) is 0 Å². The van der Waals surface area contributed by atoms with Gasteiger partial charge in [-0.2, -0.15) is 0 Å². The highest BCUT2D eigenvalue weighted by molar-refractivity contribution is 7.07. The topological polar surface area (TPSA) is 112 Å². The van der Waals surface area contributed by atoms with Gasteiger partial charge in [0.2, 0.25) is 0 Å². The number of aliphatic carboxylic acids is 1. The van der Waals surface area contributed by atoms with E-state index in [1.807, 2.05) is 0 Å². The minimum absolute atomic E-state index is 0.0344. The predicted octanol–water partition coefficient (Wildman–Crippen LogP) is -0.897. The van der Waals surface area contributed by atoms with E-state index in [1.54, 1.807) is 0 Å². The van der Waals surface area contributed by atoms with Crippen molar-refractivity contribution in [3.05, 3.63) is 11.1 Å². The molecule has 1 aromatic rings. The van der Waals surface area contributed by atoms with Gasteiger partial charge < -0.3 is 15.5 Å². The summed E-state index contributed by atoms with van der Waals surface area (Å²) in [6, 6.07) is -1.09. The Morgan fingerprint density at radius 3 is 2.80 bits per heavy atom. The standard InChI is InChI=1S/C7H9N3O4S/c11-2-1-4(7(13)14)9-6(12)5-3-8-10-15-5/h3-4,11H,1-2H2,(H,9,12)(H,13,14). The second-order valence-corrected chi connectivity index (χ2v) is 3.44. The number of nitrogens with one attached hydrogen (secondary N) is 1. The van der Waals surface area contributed by atoms with E-state index in [2.05, 4.69) is 14.9 Å². The number of carboxylic acids is 1. The second-order valence-electron chi connectivity index (χ2n) is 2.66. The van der Waals surface area contributed by atoms with Crippen LogP contribution in [0.2, 0.25) is 0 Å². The number of hydrogen-bond acceptors (Lipinski definition) is 6. The monoisotopic (exact) mass is 231 g/mol. The van der Waals surface area contributed by atoms with Crippen LogP contribution in [0.3, 0.4) is 0 Å². The first-order valence-corrected chi connectivity index (χ1v) is 4.84. The summed E-state index contributed by atoms with van der Waals surface area (Å²) in [5.74, 6) is -1.74. The second kappa shape index (κ2) is 5.37. The molecular formula is C7H9N3O4S. The normalized spacial score (nSPS) is 12.1. The summed E-state index contributed by atoms with van der Waals surface area (Å²) < 4.78 is 3.48. The molecule has 1 amide bonds. The minimum Gasteiger partial charge on any atom is -0.480 e. The van der Waals surface area contributed by atoms with E-state index in [-0.39, 0.29) is 17.9 Å². The van der Waals surface area contributed by atoms with Gasteiger partial charge in [0, 0.05) is 13.0 Å². The lowest BCUT2D eigenvalue weighted by atomic mass is 10.2. The minimum atomic E-state index is -1.19. The number of amides is 1. The molecule has 1 rings (SSSR count). The van der Waals surface area contributed by atoms with Gasteiger partial charge in [-0.05, 0) is 11.5 Å². The van der Waals surface area contributed by atoms with Crippen molar-refractivity contribution in [1.29, 1.82) is 0 Å². The maximum atomic E-state index is 11.4. The highest BCUT2D eigenvalue weighted by Crippen LogP contribution is 2.02. The van der Waals surface area contributed by atoms with Gasteiger partial charge in [-0.25, -0.2) is 4.79 Å². The van der Waals surface area contributed by atoms with Gasteiger partial charge in [0.15, 0.2) is 0 Å². The van der Waals surface area contributed by atoms with Gasteiger partial charge in [0.05, 0.1) is 6.20 Å². The zero-order valence-corrected chi connectivity index (χ0v) is 8.40. The molecule has 0 fully saturated rings. The average molecular weight is 231 g/mol. The molecule has 0 aromatic carbocycles. The van der Waals surface area contributed by atoms with Gasteiger partial charge in [-0.15, -0.1) is 5.10 Å². The zero-order chi connectivity index (χ0) is 11.3. The molecule has 0 aliphatic rings. The van der Waals surface area contributed by atoms with E-state index >= 15 is 0 Å². The van der Waals surface area contributed by atoms with Crippen LogP contribution < -0.4 is 5.32 Å². The molecule has 0 aliphatic heterocycles. The molecule has 8 heteroatoms. The highest BCUT2D eigenvalue weighted by atomic mass is 32.1. The SMILES string of the molecule is O=C(NC(CCO)C(=O)O)c1cnns1. The first kappa shape index (κ1) is 11.5. The summed E-state index contributed by atoms with van der Waals surface area (Å²) in [4.78, 5) is 22.2. The quantitative estimate of drug-likeness (QED) is 0.605. The summed E-state index contributed by atoms with van der Waals surface area (Å²) in [6.07, 6.45) is 1.21. The lowest BCUT2D eigenvalue weighted by Crippen LogP contribution is -2.41. The van der Waals surface area contributed by atoms with E-state index in [4.69, 9.17) is 10.2 Å². The summed E-state index contributed by atoms with van der Waals surface area (Å²) >= 11 is 0.874. The van der Waals surface area contributed by atoms with E-state index < -0.39 is 17.9 Å². The van der Waals surface area contributed by atoms with E-state index in [1.165, 1.54) is 6.20 Å². The average Bonchev–Trinajstić information content (AvgIpc) is 2.69. The molecule has 1 atom stereocenters. The first-order chi connectivity index (χ1) is 7.15. The van der Waals surface area contributed by atoms with Gasteiger partial charge in [0.25, 0.3) is 5.91 Å². The molecule has 0 aliphatic carbocycles. The largest absolute Gasteiger partial charge is 0.480 e. The maximum Gasteiger partial charge on any atom is 0.326 e. The fourth-order valence-corrected chi connectivity index (χ4v) is 1.30. The molecule has 0 radical (unpaired) electrons. The number of aliphatic hydroxyl groups is 1. The zero-order valence-electron chi connectivity index (χ0n) is 7.58. The van der Waals surface area contributed by atoms with Crippen molar-refractivity contribution in [3.8, 4) is 0 Å². The summed E-state index contributed by atoms with van der Waals surface area (Å²) in [6.45, 7) is -0.307. The highest BCUT2D eigenvalue weighted by Gasteiger charge is 2.20. The van der Waals surface area contributed by atoms with Crippen LogP contribution in [0.15, 0.2) is 6.20 Å². The van der Waals surface area contributed by atoms with Crippen LogP contribution in [-0.4, -0.2) is 44.3 Å². The van der Waals surface area contributed by atoms with Crippen LogP contribution >= 0.6 is 11.5 Å². The van der Waals surface area contributed by atoms with Crippen molar-refractivity contribution in [2.75, 3.05) is 6.61 Å². The van der Waals surface area contributed by atoms with Gasteiger partial charge >= 0.3 is 5.97 Å². The summed E-state index contributed by atoms with van der Waals surface area (Å²) in [5, 5.41) is 23.0. The van der Waals surface area contributed by atoms with Crippen molar-refractivity contribution in [1.82, 2.24) is 14.9 Å². The molecule has 82 valence electrons. The molecule has 1 heterocycles. The Balaban J connectivity index is 2.59. The Hall–Kier alpha value is -1.54. The van der Waals surface area contributed by atoms with Crippen LogP contribution in [0.25, 0.3) is 0 Å². The molecule has 3 N–H and O–H groups in total. The van der Waals surface area contributed by atoms with Crippen molar-refractivity contribution >= 4 is 23.4 Å². The number of aromatic nitrogens is 2. The molecule has 1 unspecified atom stereocenters. The predicted molar refractivity (Wildman–Crippen MR) is 50.5 cm³/mol. The molecule has 0 bridgehead atoms. The number of rotatable bonds is 5. The fraction of sp³-hybridized carbons (Fsp3) is 0.429. The van der Waals surface area contributed by atoms with Gasteiger partial charge in [-0.3, -0.25) is 4.79 Å². The van der Waals surface area contributed by atoms with E-state index in [0.29, 0.717) is 0 Å². The third-order valence-corrected chi connectivity index (χ3v) is 2.27. The van der Waals surface area contributed by atoms with Crippen LogP contribution in [-0.2, 0) is 4.79 Å². The van der Waals surface area contributed by atoms with E-state index in [0.717, 1.165) is 11.5 Å². The number of aliphatic hydroxyl groups excluding tert-OH is 1. The number of carboxylic acid groups (broad SMARTS) is 1. The van der Waals surface area contributed by atoms with Crippen LogP contribution in [0.1, 0.15) is 16.1 Å². The summed E-state index contributed by atoms with van der Waals surface area (Å²) in [7, 11) is 0. The van der Waals surface area contributed by atoms with E-state index in [9.17, 15) is 9.59 Å². The number of carbonyl (C=O) groups excluding carboxylic acids is 1. The molecule has 0 spiro atoms. The number of hydrogen-bond donors (Lipinski definition) is 3. The third-order valence-electron chi connectivity index (χ3n) is 1.61. The maximum absolute atomic E-state index is 11.4. The Bertz CT molecular complexity index is 340. The van der Waals surface area contributed by atoms with Crippen LogP contribution in [0.5, 0.6) is 0 Å². The smallest absolute Gasteiger partial charge is 0.326 e. The van der Waals surface area contributed by atoms with Crippen LogP contribution in [0.4, 0.5) is 0 Å². The molecule has 0 saturated carbocycles. The van der Waals surface area contributed by atoms with Gasteiger partial charge in [-0.1, -0.05) is 4.49 Å². The van der Waals surface area contributed by atoms with Gasteiger partial charge in [0.1, 0.15) is 10.9 Å². The van der Waals surface area contributed by atoms with Crippen molar-refractivity contribution < 1.29 is 19.8 Å². The lowest BCUT2D eigenvalue weighted by molar-refractivity contribution is -0.139. The van der Waals surface area contributed by atoms with Crippen molar-refractivity contribution in [2.24, 2.45) is 0 Å². The Morgan fingerprint density at radius 1 is 1.60 bits per heavy atom. The molecule has 15 heavy (non-hydrogen) atoms. The third kappa shape index (κ3) is 3.26. The Morgan fingerprint density at radius 2 is 2.33 bits per heavy atom. The molecule has 1 aromatic heterocycles. The van der Waals surface area contributed by atoms with Crippen molar-refractivity contribution in [2.45, 2.75) is 12.5 Å². The summed E-state index contributed by atoms with van der Waals surface area (Å²) in [5.41, 5.74) is 0. The fourth-order valence-electron chi connectivity index (χ4n) is 0.883. The molecule has 0 saturated heterocycles. The molecular weight excluding hydrogens is 222 g/mol. The number of carbonyl (C=O) groups is 2. The number of nitrogens with zero attached hydrogens (tertiary/aromatic N) is 2. The first-order valence-electron chi connectivity index (χ1n) is 4.07. The van der Waals surface area contributed by atoms with Crippen molar-refractivity contribution in [3.63, 3.8) is 0 Å². The lowest BCUT2D eigenvalue weighted by Gasteiger charge is -2.11. The Kier molecular flexibility index (Phi) is 4.13. The molecule has 7 nitrogen and oxygen atoms in total. The Labute approximate surface area is 88.9 Å².